The maximum atomic E-state index is 13.3. The van der Waals surface area contributed by atoms with E-state index < -0.39 is 0 Å². The Morgan fingerprint density at radius 1 is 1.08 bits per heavy atom. The van der Waals surface area contributed by atoms with E-state index >= 15 is 0 Å². The number of hydrogen-bond donors (Lipinski definition) is 1. The van der Waals surface area contributed by atoms with Gasteiger partial charge in [0.25, 0.3) is 0 Å². The van der Waals surface area contributed by atoms with Crippen LogP contribution in [0.3, 0.4) is 0 Å². The summed E-state index contributed by atoms with van der Waals surface area (Å²) < 4.78 is 13.3. The zero-order valence-electron chi connectivity index (χ0n) is 14.3. The quantitative estimate of drug-likeness (QED) is 0.846. The van der Waals surface area contributed by atoms with Crippen molar-refractivity contribution in [2.45, 2.75) is 38.2 Å². The van der Waals surface area contributed by atoms with E-state index in [4.69, 9.17) is 0 Å². The molecule has 0 spiro atoms. The number of benzene rings is 1. The van der Waals surface area contributed by atoms with Gasteiger partial charge < -0.3 is 5.11 Å². The van der Waals surface area contributed by atoms with Crippen molar-refractivity contribution in [1.82, 2.24) is 4.98 Å². The van der Waals surface area contributed by atoms with Crippen molar-refractivity contribution in [3.8, 4) is 11.1 Å². The fourth-order valence-corrected chi connectivity index (χ4v) is 4.61. The Kier molecular flexibility index (Phi) is 4.67. The second kappa shape index (κ2) is 7.09. The van der Waals surface area contributed by atoms with Crippen molar-refractivity contribution < 1.29 is 9.50 Å². The molecule has 2 saturated carbocycles. The van der Waals surface area contributed by atoms with Gasteiger partial charge in [-0.05, 0) is 54.5 Å². The molecule has 1 heterocycles. The molecule has 0 amide bonds. The van der Waals surface area contributed by atoms with Crippen LogP contribution < -0.4 is 0 Å². The van der Waals surface area contributed by atoms with Gasteiger partial charge in [-0.25, -0.2) is 4.39 Å². The predicted octanol–water partition coefficient (Wildman–Crippen LogP) is 5.09. The van der Waals surface area contributed by atoms with Gasteiger partial charge in [-0.2, -0.15) is 0 Å². The van der Waals surface area contributed by atoms with Gasteiger partial charge in [0.15, 0.2) is 0 Å². The fraction of sp³-hybridized carbons (Fsp3) is 0.409. The Hall–Kier alpha value is -2.00. The molecule has 4 rings (SSSR count). The molecule has 0 saturated heterocycles. The van der Waals surface area contributed by atoms with Crippen LogP contribution in [-0.4, -0.2) is 16.2 Å². The summed E-state index contributed by atoms with van der Waals surface area (Å²) in [5.41, 5.74) is 2.62. The summed E-state index contributed by atoms with van der Waals surface area (Å²) in [5.74, 6) is 1.35. The molecular weight excluding hydrogens is 313 g/mol. The molecule has 25 heavy (non-hydrogen) atoms. The highest BCUT2D eigenvalue weighted by Gasteiger charge is 2.41. The number of aliphatic hydroxyl groups excluding tert-OH is 1. The van der Waals surface area contributed by atoms with E-state index in [1.165, 1.54) is 37.8 Å². The standard InChI is InChI=1S/C22H24FNO/c23-18-6-3-5-15(12-18)17-8-9-19(24-14-17)10-11-21-20-7-2-1-4-16(20)13-22(21)25/h3,5-6,8-12,14,16,20-22,25H,1-2,4,7,13H2/t16-,20-,21+,22+/m1/s1. The molecule has 0 unspecified atom stereocenters. The van der Waals surface area contributed by atoms with Crippen molar-refractivity contribution in [1.29, 1.82) is 0 Å². The lowest BCUT2D eigenvalue weighted by molar-refractivity contribution is 0.140. The van der Waals surface area contributed by atoms with E-state index in [2.05, 4.69) is 11.1 Å². The zero-order valence-corrected chi connectivity index (χ0v) is 14.3. The maximum Gasteiger partial charge on any atom is 0.123 e. The summed E-state index contributed by atoms with van der Waals surface area (Å²) in [5, 5.41) is 10.4. The summed E-state index contributed by atoms with van der Waals surface area (Å²) in [6.07, 6.45) is 11.8. The number of rotatable bonds is 3. The number of pyridine rings is 1. The Labute approximate surface area is 148 Å². The summed E-state index contributed by atoms with van der Waals surface area (Å²) in [6, 6.07) is 10.5. The van der Waals surface area contributed by atoms with Crippen LogP contribution >= 0.6 is 0 Å². The van der Waals surface area contributed by atoms with E-state index in [0.29, 0.717) is 11.8 Å². The molecule has 2 fully saturated rings. The smallest absolute Gasteiger partial charge is 0.123 e. The van der Waals surface area contributed by atoms with E-state index in [9.17, 15) is 9.50 Å². The summed E-state index contributed by atoms with van der Waals surface area (Å²) in [7, 11) is 0. The third kappa shape index (κ3) is 3.52. The minimum Gasteiger partial charge on any atom is -0.392 e. The highest BCUT2D eigenvalue weighted by molar-refractivity contribution is 5.63. The first kappa shape index (κ1) is 16.5. The van der Waals surface area contributed by atoms with Gasteiger partial charge in [0.05, 0.1) is 11.8 Å². The molecule has 2 aliphatic carbocycles. The van der Waals surface area contributed by atoms with Crippen LogP contribution in [0.15, 0.2) is 48.7 Å². The second-order valence-electron chi connectivity index (χ2n) is 7.43. The van der Waals surface area contributed by atoms with Crippen LogP contribution in [0.4, 0.5) is 4.39 Å². The van der Waals surface area contributed by atoms with Crippen LogP contribution in [0, 0.1) is 23.6 Å². The molecule has 1 aromatic carbocycles. The van der Waals surface area contributed by atoms with Crippen molar-refractivity contribution >= 4 is 6.08 Å². The van der Waals surface area contributed by atoms with Gasteiger partial charge in [0.1, 0.15) is 5.82 Å². The Balaban J connectivity index is 1.48. The van der Waals surface area contributed by atoms with Gasteiger partial charge in [-0.1, -0.05) is 43.5 Å². The van der Waals surface area contributed by atoms with E-state index in [1.807, 2.05) is 24.3 Å². The van der Waals surface area contributed by atoms with Crippen molar-refractivity contribution in [3.63, 3.8) is 0 Å². The SMILES string of the molecule is O[C@H]1C[C@H]2CCCC[C@H]2[C@@H]1C=Cc1ccc(-c2cccc(F)c2)cn1. The van der Waals surface area contributed by atoms with Gasteiger partial charge in [0.2, 0.25) is 0 Å². The van der Waals surface area contributed by atoms with Crippen LogP contribution in [0.1, 0.15) is 37.8 Å². The van der Waals surface area contributed by atoms with Gasteiger partial charge >= 0.3 is 0 Å². The fourth-order valence-electron chi connectivity index (χ4n) is 4.61. The normalized spacial score (nSPS) is 29.0. The van der Waals surface area contributed by atoms with Gasteiger partial charge in [-0.15, -0.1) is 0 Å². The number of fused-ring (bicyclic) bond motifs is 1. The highest BCUT2D eigenvalue weighted by Crippen LogP contribution is 2.46. The highest BCUT2D eigenvalue weighted by atomic mass is 19.1. The number of aromatic nitrogens is 1. The minimum absolute atomic E-state index is 0.212. The number of nitrogens with zero attached hydrogens (tertiary/aromatic N) is 1. The first-order chi connectivity index (χ1) is 12.2. The lowest BCUT2D eigenvalue weighted by atomic mass is 9.78. The molecule has 1 aromatic heterocycles. The Morgan fingerprint density at radius 2 is 1.96 bits per heavy atom. The minimum atomic E-state index is -0.237. The molecule has 3 heteroatoms. The average molecular weight is 337 g/mol. The maximum absolute atomic E-state index is 13.3. The topological polar surface area (TPSA) is 33.1 Å². The molecule has 2 aromatic rings. The summed E-state index contributed by atoms with van der Waals surface area (Å²) in [6.45, 7) is 0. The summed E-state index contributed by atoms with van der Waals surface area (Å²) >= 11 is 0. The van der Waals surface area contributed by atoms with E-state index in [0.717, 1.165) is 23.2 Å². The molecule has 0 bridgehead atoms. The first-order valence-corrected chi connectivity index (χ1v) is 9.29. The molecule has 0 radical (unpaired) electrons. The first-order valence-electron chi connectivity index (χ1n) is 9.29. The monoisotopic (exact) mass is 337 g/mol. The molecule has 1 N–H and O–H groups in total. The van der Waals surface area contributed by atoms with E-state index in [1.54, 1.807) is 12.3 Å². The van der Waals surface area contributed by atoms with Gasteiger partial charge in [-0.3, -0.25) is 4.98 Å². The molecule has 130 valence electrons. The second-order valence-corrected chi connectivity index (χ2v) is 7.43. The number of halogens is 1. The number of aliphatic hydroxyl groups is 1. The summed E-state index contributed by atoms with van der Waals surface area (Å²) in [4.78, 5) is 4.48. The third-order valence-corrected chi connectivity index (χ3v) is 5.88. The molecular formula is C22H24FNO. The van der Waals surface area contributed by atoms with Crippen molar-refractivity contribution in [3.05, 3.63) is 60.2 Å². The van der Waals surface area contributed by atoms with Crippen molar-refractivity contribution in [2.24, 2.45) is 17.8 Å². The number of hydrogen-bond acceptors (Lipinski definition) is 2. The van der Waals surface area contributed by atoms with Crippen molar-refractivity contribution in [2.75, 3.05) is 0 Å². The van der Waals surface area contributed by atoms with E-state index in [-0.39, 0.29) is 17.8 Å². The average Bonchev–Trinajstić information content (AvgIpc) is 2.95. The van der Waals surface area contributed by atoms with Crippen LogP contribution in [0.2, 0.25) is 0 Å². The van der Waals surface area contributed by atoms with Crippen LogP contribution in [0.25, 0.3) is 17.2 Å². The predicted molar refractivity (Wildman–Crippen MR) is 98.2 cm³/mol. The Morgan fingerprint density at radius 3 is 2.76 bits per heavy atom. The molecule has 2 nitrogen and oxygen atoms in total. The third-order valence-electron chi connectivity index (χ3n) is 5.88. The largest absolute Gasteiger partial charge is 0.392 e. The zero-order chi connectivity index (χ0) is 17.2. The van der Waals surface area contributed by atoms with Gasteiger partial charge in [0, 0.05) is 17.7 Å². The molecule has 0 aliphatic heterocycles. The van der Waals surface area contributed by atoms with Crippen LogP contribution in [-0.2, 0) is 0 Å². The Bertz CT molecular complexity index is 755. The van der Waals surface area contributed by atoms with Crippen LogP contribution in [0.5, 0.6) is 0 Å². The molecule has 4 atom stereocenters. The lowest BCUT2D eigenvalue weighted by Crippen LogP contribution is -2.20. The molecule has 2 aliphatic rings. The lowest BCUT2D eigenvalue weighted by Gasteiger charge is -2.27.